The number of aromatic nitrogens is 1. The summed E-state index contributed by atoms with van der Waals surface area (Å²) >= 11 is 0. The molecular weight excluding hydrogens is 258 g/mol. The van der Waals surface area contributed by atoms with Crippen LogP contribution >= 0.6 is 0 Å². The summed E-state index contributed by atoms with van der Waals surface area (Å²) < 4.78 is 0. The van der Waals surface area contributed by atoms with Crippen LogP contribution in [0.4, 0.5) is 0 Å². The van der Waals surface area contributed by atoms with E-state index in [4.69, 9.17) is 5.84 Å². The van der Waals surface area contributed by atoms with E-state index in [9.17, 15) is 0 Å². The lowest BCUT2D eigenvalue weighted by molar-refractivity contribution is 0.615. The summed E-state index contributed by atoms with van der Waals surface area (Å²) in [6.45, 7) is 2.13. The molecule has 0 bridgehead atoms. The molecule has 106 valence electrons. The standard InChI is InChI=1S/C18H19N3/c1-2-13-8-5-11-20-17(13)18(21-19)16-10-9-14-6-3-4-7-15(14)12-16/h3-12,18,21H,2,19H2,1H3. The first-order chi connectivity index (χ1) is 10.3. The number of fused-ring (bicyclic) bond motifs is 1. The zero-order chi connectivity index (χ0) is 14.7. The van der Waals surface area contributed by atoms with Gasteiger partial charge in [0.15, 0.2) is 0 Å². The van der Waals surface area contributed by atoms with Gasteiger partial charge in [-0.1, -0.05) is 49.4 Å². The van der Waals surface area contributed by atoms with Crippen molar-refractivity contribution in [3.05, 3.63) is 77.6 Å². The van der Waals surface area contributed by atoms with Gasteiger partial charge in [0.05, 0.1) is 11.7 Å². The fraction of sp³-hybridized carbons (Fsp3) is 0.167. The van der Waals surface area contributed by atoms with Gasteiger partial charge in [-0.3, -0.25) is 10.8 Å². The molecule has 2 aromatic carbocycles. The number of hydrogen-bond acceptors (Lipinski definition) is 3. The molecule has 21 heavy (non-hydrogen) atoms. The second kappa shape index (κ2) is 6.04. The van der Waals surface area contributed by atoms with E-state index in [-0.39, 0.29) is 6.04 Å². The Morgan fingerprint density at radius 1 is 1.05 bits per heavy atom. The molecule has 1 unspecified atom stereocenters. The Morgan fingerprint density at radius 3 is 2.62 bits per heavy atom. The van der Waals surface area contributed by atoms with Crippen LogP contribution in [0.1, 0.15) is 29.8 Å². The predicted octanol–water partition coefficient (Wildman–Crippen LogP) is 3.35. The van der Waals surface area contributed by atoms with E-state index >= 15 is 0 Å². The zero-order valence-corrected chi connectivity index (χ0v) is 12.1. The fourth-order valence-corrected chi connectivity index (χ4v) is 2.73. The van der Waals surface area contributed by atoms with Crippen LogP contribution in [0.2, 0.25) is 0 Å². The van der Waals surface area contributed by atoms with Crippen molar-refractivity contribution in [3.8, 4) is 0 Å². The number of nitrogens with two attached hydrogens (primary N) is 1. The first-order valence-corrected chi connectivity index (χ1v) is 7.22. The maximum absolute atomic E-state index is 5.81. The molecule has 0 amide bonds. The summed E-state index contributed by atoms with van der Waals surface area (Å²) in [6, 6.07) is 18.7. The lowest BCUT2D eigenvalue weighted by Gasteiger charge is -2.19. The summed E-state index contributed by atoms with van der Waals surface area (Å²) in [5.74, 6) is 5.81. The van der Waals surface area contributed by atoms with E-state index in [1.165, 1.54) is 16.3 Å². The summed E-state index contributed by atoms with van der Waals surface area (Å²) in [6.07, 6.45) is 2.76. The Balaban J connectivity index is 2.09. The SMILES string of the molecule is CCc1cccnc1C(NN)c1ccc2ccccc2c1. The molecule has 1 heterocycles. The van der Waals surface area contributed by atoms with Crippen molar-refractivity contribution in [2.24, 2.45) is 5.84 Å². The molecule has 3 heteroatoms. The van der Waals surface area contributed by atoms with E-state index < -0.39 is 0 Å². The molecule has 0 spiro atoms. The van der Waals surface area contributed by atoms with Crippen molar-refractivity contribution in [2.75, 3.05) is 0 Å². The van der Waals surface area contributed by atoms with Crippen molar-refractivity contribution < 1.29 is 0 Å². The number of nitrogens with zero attached hydrogens (tertiary/aromatic N) is 1. The Bertz CT molecular complexity index is 752. The van der Waals surface area contributed by atoms with E-state index in [0.717, 1.165) is 17.7 Å². The quantitative estimate of drug-likeness (QED) is 0.568. The summed E-state index contributed by atoms with van der Waals surface area (Å²) in [7, 11) is 0. The van der Waals surface area contributed by atoms with Crippen molar-refractivity contribution >= 4 is 10.8 Å². The monoisotopic (exact) mass is 277 g/mol. The summed E-state index contributed by atoms with van der Waals surface area (Å²) in [5, 5.41) is 2.44. The van der Waals surface area contributed by atoms with Gasteiger partial charge >= 0.3 is 0 Å². The number of aryl methyl sites for hydroxylation is 1. The normalized spacial score (nSPS) is 12.5. The predicted molar refractivity (Wildman–Crippen MR) is 86.7 cm³/mol. The largest absolute Gasteiger partial charge is 0.271 e. The van der Waals surface area contributed by atoms with Gasteiger partial charge in [-0.2, -0.15) is 0 Å². The molecule has 0 fully saturated rings. The molecule has 3 N–H and O–H groups in total. The molecule has 3 aromatic rings. The Labute approximate surface area is 124 Å². The van der Waals surface area contributed by atoms with Crippen molar-refractivity contribution in [2.45, 2.75) is 19.4 Å². The number of nitrogens with one attached hydrogen (secondary N) is 1. The van der Waals surface area contributed by atoms with Gasteiger partial charge in [0.25, 0.3) is 0 Å². The minimum atomic E-state index is -0.0919. The van der Waals surface area contributed by atoms with Gasteiger partial charge in [0.2, 0.25) is 0 Å². The van der Waals surface area contributed by atoms with E-state index in [0.29, 0.717) is 0 Å². The second-order valence-electron chi connectivity index (χ2n) is 5.11. The third-order valence-electron chi connectivity index (χ3n) is 3.85. The van der Waals surface area contributed by atoms with Gasteiger partial charge in [-0.05, 0) is 40.5 Å². The highest BCUT2D eigenvalue weighted by molar-refractivity contribution is 5.83. The van der Waals surface area contributed by atoms with E-state index in [1.807, 2.05) is 12.3 Å². The number of benzene rings is 2. The van der Waals surface area contributed by atoms with Crippen LogP contribution in [-0.4, -0.2) is 4.98 Å². The molecule has 3 nitrogen and oxygen atoms in total. The van der Waals surface area contributed by atoms with E-state index in [2.05, 4.69) is 65.9 Å². The van der Waals surface area contributed by atoms with Crippen LogP contribution < -0.4 is 11.3 Å². The van der Waals surface area contributed by atoms with Crippen LogP contribution in [-0.2, 0) is 6.42 Å². The molecule has 0 aliphatic carbocycles. The van der Waals surface area contributed by atoms with Crippen LogP contribution in [0, 0.1) is 0 Å². The van der Waals surface area contributed by atoms with Crippen LogP contribution in [0.25, 0.3) is 10.8 Å². The first-order valence-electron chi connectivity index (χ1n) is 7.22. The topological polar surface area (TPSA) is 50.9 Å². The van der Waals surface area contributed by atoms with Crippen LogP contribution in [0.3, 0.4) is 0 Å². The molecule has 1 atom stereocenters. The Kier molecular flexibility index (Phi) is 3.95. The van der Waals surface area contributed by atoms with Crippen LogP contribution in [0.5, 0.6) is 0 Å². The van der Waals surface area contributed by atoms with Crippen molar-refractivity contribution in [1.82, 2.24) is 10.4 Å². The summed E-state index contributed by atoms with van der Waals surface area (Å²) in [4.78, 5) is 4.53. The maximum atomic E-state index is 5.81. The number of hydrogen-bond donors (Lipinski definition) is 2. The fourth-order valence-electron chi connectivity index (χ4n) is 2.73. The average Bonchev–Trinajstić information content (AvgIpc) is 2.56. The van der Waals surface area contributed by atoms with Gasteiger partial charge < -0.3 is 0 Å². The highest BCUT2D eigenvalue weighted by Gasteiger charge is 2.17. The number of pyridine rings is 1. The van der Waals surface area contributed by atoms with Gasteiger partial charge in [0.1, 0.15) is 0 Å². The minimum Gasteiger partial charge on any atom is -0.271 e. The molecule has 0 radical (unpaired) electrons. The molecule has 0 saturated heterocycles. The van der Waals surface area contributed by atoms with Crippen LogP contribution in [0.15, 0.2) is 60.8 Å². The van der Waals surface area contributed by atoms with Gasteiger partial charge in [0, 0.05) is 6.20 Å². The van der Waals surface area contributed by atoms with Crippen molar-refractivity contribution in [1.29, 1.82) is 0 Å². The Hall–Kier alpha value is -2.23. The maximum Gasteiger partial charge on any atom is 0.0884 e. The minimum absolute atomic E-state index is 0.0919. The molecule has 0 aliphatic heterocycles. The summed E-state index contributed by atoms with van der Waals surface area (Å²) in [5.41, 5.74) is 6.26. The average molecular weight is 277 g/mol. The highest BCUT2D eigenvalue weighted by Crippen LogP contribution is 2.26. The molecule has 3 rings (SSSR count). The van der Waals surface area contributed by atoms with Gasteiger partial charge in [-0.15, -0.1) is 0 Å². The first kappa shape index (κ1) is 13.7. The lowest BCUT2D eigenvalue weighted by atomic mass is 9.96. The molecule has 0 saturated carbocycles. The second-order valence-corrected chi connectivity index (χ2v) is 5.11. The smallest absolute Gasteiger partial charge is 0.0884 e. The molecule has 0 aliphatic rings. The molecule has 1 aromatic heterocycles. The number of rotatable bonds is 4. The highest BCUT2D eigenvalue weighted by atomic mass is 15.2. The zero-order valence-electron chi connectivity index (χ0n) is 12.1. The third kappa shape index (κ3) is 2.66. The Morgan fingerprint density at radius 2 is 1.86 bits per heavy atom. The molecular formula is C18H19N3. The number of hydrazine groups is 1. The van der Waals surface area contributed by atoms with Crippen molar-refractivity contribution in [3.63, 3.8) is 0 Å². The third-order valence-corrected chi connectivity index (χ3v) is 3.85. The van der Waals surface area contributed by atoms with Gasteiger partial charge in [-0.25, -0.2) is 5.43 Å². The van der Waals surface area contributed by atoms with E-state index in [1.54, 1.807) is 0 Å². The lowest BCUT2D eigenvalue weighted by Crippen LogP contribution is -2.30.